The third-order valence-electron chi connectivity index (χ3n) is 4.35. The third kappa shape index (κ3) is 3.11. The lowest BCUT2D eigenvalue weighted by Gasteiger charge is -2.37. The molecule has 1 rings (SSSR count). The molecule has 0 saturated carbocycles. The Morgan fingerprint density at radius 1 is 0.706 bits per heavy atom. The van der Waals surface area contributed by atoms with Crippen LogP contribution in [0.15, 0.2) is 24.3 Å². The molecule has 2 heteroatoms. The van der Waals surface area contributed by atoms with Gasteiger partial charge in [-0.05, 0) is 5.04 Å². The summed E-state index contributed by atoms with van der Waals surface area (Å²) >= 11 is 0. The monoisotopic (exact) mass is 264 g/mol. The van der Waals surface area contributed by atoms with Crippen LogP contribution in [0.5, 0.6) is 0 Å². The van der Waals surface area contributed by atoms with E-state index >= 15 is 0 Å². The summed E-state index contributed by atoms with van der Waals surface area (Å²) in [5.74, 6) is 0. The second-order valence-corrected chi connectivity index (χ2v) is 18.1. The maximum absolute atomic E-state index is 2.48. The summed E-state index contributed by atoms with van der Waals surface area (Å²) in [5, 5.41) is 3.58. The molecule has 0 aliphatic carbocycles. The largest absolute Gasteiger partial charge is 0.0859 e. The van der Waals surface area contributed by atoms with Crippen molar-refractivity contribution in [3.05, 3.63) is 24.3 Å². The molecular weight excluding hydrogens is 236 g/mol. The highest BCUT2D eigenvalue weighted by atomic mass is 28.3. The molecule has 0 saturated heterocycles. The molecule has 0 unspecified atom stereocenters. The first kappa shape index (κ1) is 14.7. The van der Waals surface area contributed by atoms with Gasteiger partial charge in [0.05, 0.1) is 16.1 Å². The van der Waals surface area contributed by atoms with Crippen molar-refractivity contribution in [3.63, 3.8) is 0 Å². The van der Waals surface area contributed by atoms with Crippen LogP contribution in [0.25, 0.3) is 0 Å². The Hall–Kier alpha value is -0.346. The minimum atomic E-state index is -1.35. The number of benzene rings is 1. The lowest BCUT2D eigenvalue weighted by atomic mass is 10.2. The highest BCUT2D eigenvalue weighted by Crippen LogP contribution is 2.35. The van der Waals surface area contributed by atoms with Crippen LogP contribution in [-0.4, -0.2) is 16.1 Å². The molecular formula is C15H28Si2. The first-order valence-corrected chi connectivity index (χ1v) is 13.1. The molecule has 1 aromatic rings. The maximum atomic E-state index is 2.48. The van der Waals surface area contributed by atoms with Gasteiger partial charge in [-0.15, -0.1) is 0 Å². The first-order valence-electron chi connectivity index (χ1n) is 6.57. The van der Waals surface area contributed by atoms with E-state index in [1.807, 2.05) is 0 Å². The predicted molar refractivity (Wildman–Crippen MR) is 86.3 cm³/mol. The Kier molecular flexibility index (Phi) is 3.80. The average molecular weight is 265 g/mol. The number of hydrogen-bond acceptors (Lipinski definition) is 0. The van der Waals surface area contributed by atoms with Gasteiger partial charge in [0.15, 0.2) is 0 Å². The Morgan fingerprint density at radius 3 is 1.35 bits per heavy atom. The van der Waals surface area contributed by atoms with Gasteiger partial charge < -0.3 is 0 Å². The van der Waals surface area contributed by atoms with Gasteiger partial charge in [-0.2, -0.15) is 0 Å². The van der Waals surface area contributed by atoms with Gasteiger partial charge >= 0.3 is 0 Å². The van der Waals surface area contributed by atoms with Crippen LogP contribution >= 0.6 is 0 Å². The topological polar surface area (TPSA) is 0 Å². The zero-order valence-electron chi connectivity index (χ0n) is 12.8. The zero-order valence-corrected chi connectivity index (χ0v) is 14.8. The Balaban J connectivity index is 3.12. The van der Waals surface area contributed by atoms with Gasteiger partial charge in [-0.3, -0.25) is 0 Å². The average Bonchev–Trinajstić information content (AvgIpc) is 2.15. The van der Waals surface area contributed by atoms with Crippen LogP contribution < -0.4 is 10.4 Å². The standard InChI is InChI=1S/C15H28Si2/c1-15(2,3)17(7,8)14-11-9-13(10-12-14)16(4,5)6/h9-12H,1-8H3. The Morgan fingerprint density at radius 2 is 1.06 bits per heavy atom. The smallest absolute Gasteiger partial charge is 0.0656 e. The predicted octanol–water partition coefficient (Wildman–Crippen LogP) is 3.95. The van der Waals surface area contributed by atoms with E-state index < -0.39 is 16.1 Å². The molecule has 0 radical (unpaired) electrons. The van der Waals surface area contributed by atoms with Crippen molar-refractivity contribution in [2.75, 3.05) is 0 Å². The minimum Gasteiger partial charge on any atom is -0.0656 e. The normalized spacial score (nSPS) is 13.9. The van der Waals surface area contributed by atoms with Crippen LogP contribution in [0.4, 0.5) is 0 Å². The lowest BCUT2D eigenvalue weighted by Crippen LogP contribution is -2.50. The molecule has 0 amide bonds. The van der Waals surface area contributed by atoms with E-state index in [1.165, 1.54) is 0 Å². The molecule has 0 aliphatic heterocycles. The van der Waals surface area contributed by atoms with Gasteiger partial charge in [-0.1, -0.05) is 88.1 Å². The van der Waals surface area contributed by atoms with E-state index in [-0.39, 0.29) is 0 Å². The second-order valence-electron chi connectivity index (χ2n) is 7.70. The fourth-order valence-electron chi connectivity index (χ4n) is 1.82. The van der Waals surface area contributed by atoms with Crippen molar-refractivity contribution in [2.24, 2.45) is 0 Å². The number of hydrogen-bond donors (Lipinski definition) is 0. The summed E-state index contributed by atoms with van der Waals surface area (Å²) in [5.41, 5.74) is 0. The summed E-state index contributed by atoms with van der Waals surface area (Å²) in [6, 6.07) is 9.54. The summed E-state index contributed by atoms with van der Waals surface area (Å²) in [4.78, 5) is 0. The molecule has 0 bridgehead atoms. The van der Waals surface area contributed by atoms with Gasteiger partial charge in [0, 0.05) is 0 Å². The van der Waals surface area contributed by atoms with Crippen LogP contribution in [0.1, 0.15) is 20.8 Å². The highest BCUT2D eigenvalue weighted by molar-refractivity contribution is 6.92. The van der Waals surface area contributed by atoms with Gasteiger partial charge in [-0.25, -0.2) is 0 Å². The maximum Gasteiger partial charge on any atom is 0.0859 e. The van der Waals surface area contributed by atoms with E-state index in [1.54, 1.807) is 10.4 Å². The van der Waals surface area contributed by atoms with Crippen molar-refractivity contribution >= 4 is 26.5 Å². The van der Waals surface area contributed by atoms with E-state index in [2.05, 4.69) is 77.8 Å². The molecule has 0 N–H and O–H groups in total. The number of rotatable bonds is 2. The van der Waals surface area contributed by atoms with Crippen LogP contribution in [0.3, 0.4) is 0 Å². The minimum absolute atomic E-state index is 0.424. The molecule has 0 fully saturated rings. The second kappa shape index (κ2) is 4.40. The van der Waals surface area contributed by atoms with Crippen LogP contribution in [0.2, 0.25) is 37.8 Å². The quantitative estimate of drug-likeness (QED) is 0.710. The molecule has 1 aromatic carbocycles. The molecule has 0 heterocycles. The van der Waals surface area contributed by atoms with Crippen LogP contribution in [-0.2, 0) is 0 Å². The molecule has 0 atom stereocenters. The van der Waals surface area contributed by atoms with Gasteiger partial charge in [0.2, 0.25) is 0 Å². The Labute approximate surface area is 109 Å². The van der Waals surface area contributed by atoms with E-state index in [9.17, 15) is 0 Å². The molecule has 0 nitrogen and oxygen atoms in total. The van der Waals surface area contributed by atoms with E-state index in [0.29, 0.717) is 5.04 Å². The fourth-order valence-corrected chi connectivity index (χ4v) is 4.85. The zero-order chi connectivity index (χ0) is 13.5. The molecule has 17 heavy (non-hydrogen) atoms. The summed E-state index contributed by atoms with van der Waals surface area (Å²) in [6.45, 7) is 19.3. The highest BCUT2D eigenvalue weighted by Gasteiger charge is 2.36. The van der Waals surface area contributed by atoms with Crippen molar-refractivity contribution in [2.45, 2.75) is 58.5 Å². The summed E-state index contributed by atoms with van der Waals surface area (Å²) < 4.78 is 0. The van der Waals surface area contributed by atoms with E-state index in [0.717, 1.165) is 0 Å². The van der Waals surface area contributed by atoms with Gasteiger partial charge in [0.1, 0.15) is 0 Å². The molecule has 0 aliphatic rings. The van der Waals surface area contributed by atoms with Crippen molar-refractivity contribution in [1.82, 2.24) is 0 Å². The first-order chi connectivity index (χ1) is 7.46. The van der Waals surface area contributed by atoms with E-state index in [4.69, 9.17) is 0 Å². The fraction of sp³-hybridized carbons (Fsp3) is 0.600. The Bertz CT molecular complexity index is 375. The van der Waals surface area contributed by atoms with Crippen molar-refractivity contribution < 1.29 is 0 Å². The van der Waals surface area contributed by atoms with Gasteiger partial charge in [0.25, 0.3) is 0 Å². The van der Waals surface area contributed by atoms with Crippen LogP contribution in [0, 0.1) is 0 Å². The lowest BCUT2D eigenvalue weighted by molar-refractivity contribution is 0.729. The summed E-state index contributed by atoms with van der Waals surface area (Å²) in [7, 11) is -2.49. The van der Waals surface area contributed by atoms with Crippen molar-refractivity contribution in [3.8, 4) is 0 Å². The molecule has 0 aromatic heterocycles. The third-order valence-corrected chi connectivity index (χ3v) is 11.9. The SMILES string of the molecule is CC(C)(C)[Si](C)(C)c1ccc([Si](C)(C)C)cc1. The molecule has 96 valence electrons. The van der Waals surface area contributed by atoms with Crippen molar-refractivity contribution in [1.29, 1.82) is 0 Å². The molecule has 0 spiro atoms. The summed E-state index contributed by atoms with van der Waals surface area (Å²) in [6.07, 6.45) is 0.